The fourth-order valence-electron chi connectivity index (χ4n) is 3.63. The van der Waals surface area contributed by atoms with Gasteiger partial charge in [0.15, 0.2) is 0 Å². The van der Waals surface area contributed by atoms with Crippen LogP contribution >= 0.6 is 0 Å². The van der Waals surface area contributed by atoms with Gasteiger partial charge in [0.25, 0.3) is 5.56 Å². The predicted molar refractivity (Wildman–Crippen MR) is 113 cm³/mol. The van der Waals surface area contributed by atoms with Gasteiger partial charge in [-0.3, -0.25) is 29.1 Å². The second kappa shape index (κ2) is 9.35. The highest BCUT2D eigenvalue weighted by molar-refractivity contribution is 6.01. The SMILES string of the molecule is C#CCCCCCC(=O)Nc1cccc2c(=O)n(C3CCC(=O)NC3=O)c(C)nc12. The average molecular weight is 408 g/mol. The Hall–Kier alpha value is -3.47. The first kappa shape index (κ1) is 21.2. The fourth-order valence-corrected chi connectivity index (χ4v) is 3.63. The van der Waals surface area contributed by atoms with Crippen molar-refractivity contribution in [1.29, 1.82) is 0 Å². The lowest BCUT2D eigenvalue weighted by Gasteiger charge is -2.24. The lowest BCUT2D eigenvalue weighted by Crippen LogP contribution is -2.45. The first-order valence-corrected chi connectivity index (χ1v) is 10.0. The molecular formula is C22H24N4O4. The summed E-state index contributed by atoms with van der Waals surface area (Å²) in [4.78, 5) is 53.6. The smallest absolute Gasteiger partial charge is 0.262 e. The van der Waals surface area contributed by atoms with Gasteiger partial charge in [-0.15, -0.1) is 12.3 Å². The minimum absolute atomic E-state index is 0.156. The van der Waals surface area contributed by atoms with Crippen LogP contribution in [-0.4, -0.2) is 27.3 Å². The summed E-state index contributed by atoms with van der Waals surface area (Å²) in [5.41, 5.74) is 0.457. The number of piperidine rings is 1. The number of benzene rings is 1. The number of aryl methyl sites for hydroxylation is 1. The average Bonchev–Trinajstić information content (AvgIpc) is 2.70. The Kier molecular flexibility index (Phi) is 6.62. The molecule has 2 heterocycles. The molecule has 0 spiro atoms. The van der Waals surface area contributed by atoms with Crippen molar-refractivity contribution in [2.45, 2.75) is 57.9 Å². The summed E-state index contributed by atoms with van der Waals surface area (Å²) in [6.07, 6.45) is 9.18. The van der Waals surface area contributed by atoms with Crippen LogP contribution in [0.25, 0.3) is 10.9 Å². The van der Waals surface area contributed by atoms with E-state index in [2.05, 4.69) is 21.5 Å². The third-order valence-electron chi connectivity index (χ3n) is 5.13. The Morgan fingerprint density at radius 1 is 1.30 bits per heavy atom. The highest BCUT2D eigenvalue weighted by Crippen LogP contribution is 2.23. The number of rotatable bonds is 7. The van der Waals surface area contributed by atoms with E-state index in [-0.39, 0.29) is 30.2 Å². The van der Waals surface area contributed by atoms with Gasteiger partial charge in [0, 0.05) is 19.3 Å². The molecule has 0 radical (unpaired) electrons. The molecule has 2 aromatic rings. The third-order valence-corrected chi connectivity index (χ3v) is 5.13. The van der Waals surface area contributed by atoms with Crippen LogP contribution in [-0.2, 0) is 14.4 Å². The second-order valence-corrected chi connectivity index (χ2v) is 7.32. The number of nitrogens with zero attached hydrogens (tertiary/aromatic N) is 2. The Labute approximate surface area is 174 Å². The number of amides is 3. The zero-order chi connectivity index (χ0) is 21.7. The summed E-state index contributed by atoms with van der Waals surface area (Å²) in [5, 5.41) is 5.40. The molecule has 0 bridgehead atoms. The highest BCUT2D eigenvalue weighted by atomic mass is 16.2. The minimum Gasteiger partial charge on any atom is -0.324 e. The van der Waals surface area contributed by atoms with Crippen molar-refractivity contribution in [2.75, 3.05) is 5.32 Å². The number of carbonyl (C=O) groups excluding carboxylic acids is 3. The number of unbranched alkanes of at least 4 members (excludes halogenated alkanes) is 3. The molecule has 1 saturated heterocycles. The number of carbonyl (C=O) groups is 3. The number of aromatic nitrogens is 2. The van der Waals surface area contributed by atoms with Crippen LogP contribution in [0.4, 0.5) is 5.69 Å². The molecule has 0 aliphatic carbocycles. The molecule has 156 valence electrons. The molecular weight excluding hydrogens is 384 g/mol. The molecule has 1 aromatic heterocycles. The van der Waals surface area contributed by atoms with Gasteiger partial charge < -0.3 is 5.32 Å². The van der Waals surface area contributed by atoms with E-state index in [1.54, 1.807) is 25.1 Å². The summed E-state index contributed by atoms with van der Waals surface area (Å²) in [7, 11) is 0. The summed E-state index contributed by atoms with van der Waals surface area (Å²) >= 11 is 0. The van der Waals surface area contributed by atoms with Gasteiger partial charge in [0.05, 0.1) is 11.1 Å². The molecule has 1 aliphatic heterocycles. The van der Waals surface area contributed by atoms with Crippen LogP contribution in [0.2, 0.25) is 0 Å². The van der Waals surface area contributed by atoms with E-state index in [0.29, 0.717) is 35.3 Å². The summed E-state index contributed by atoms with van der Waals surface area (Å²) in [6.45, 7) is 1.63. The number of hydrogen-bond donors (Lipinski definition) is 2. The molecule has 0 saturated carbocycles. The van der Waals surface area contributed by atoms with Gasteiger partial charge in [0.2, 0.25) is 17.7 Å². The molecule has 3 amide bonds. The monoisotopic (exact) mass is 408 g/mol. The maximum absolute atomic E-state index is 13.1. The second-order valence-electron chi connectivity index (χ2n) is 7.32. The lowest BCUT2D eigenvalue weighted by atomic mass is 10.1. The number of para-hydroxylation sites is 1. The van der Waals surface area contributed by atoms with Crippen LogP contribution in [0.15, 0.2) is 23.0 Å². The van der Waals surface area contributed by atoms with E-state index >= 15 is 0 Å². The van der Waals surface area contributed by atoms with Crippen LogP contribution in [0.5, 0.6) is 0 Å². The first-order chi connectivity index (χ1) is 14.4. The predicted octanol–water partition coefficient (Wildman–Crippen LogP) is 2.20. The van der Waals surface area contributed by atoms with Crippen molar-refractivity contribution in [3.8, 4) is 12.3 Å². The molecule has 1 fully saturated rings. The molecule has 30 heavy (non-hydrogen) atoms. The van der Waals surface area contributed by atoms with Gasteiger partial charge in [-0.1, -0.05) is 12.5 Å². The standard InChI is InChI=1S/C22H24N4O4/c1-3-4-5-6-7-11-18(27)24-16-10-8-9-15-20(16)23-14(2)26(22(15)30)17-12-13-19(28)25-21(17)29/h1,8-10,17H,4-7,11-13H2,2H3,(H,24,27)(H,25,28,29). The largest absolute Gasteiger partial charge is 0.324 e. The van der Waals surface area contributed by atoms with Crippen LogP contribution < -0.4 is 16.2 Å². The van der Waals surface area contributed by atoms with E-state index in [0.717, 1.165) is 19.3 Å². The van der Waals surface area contributed by atoms with Crippen molar-refractivity contribution < 1.29 is 14.4 Å². The van der Waals surface area contributed by atoms with Gasteiger partial charge >= 0.3 is 0 Å². The fraction of sp³-hybridized carbons (Fsp3) is 0.409. The number of hydrogen-bond acceptors (Lipinski definition) is 5. The van der Waals surface area contributed by atoms with Gasteiger partial charge in [-0.2, -0.15) is 0 Å². The van der Waals surface area contributed by atoms with E-state index in [9.17, 15) is 19.2 Å². The van der Waals surface area contributed by atoms with Crippen molar-refractivity contribution in [3.05, 3.63) is 34.4 Å². The highest BCUT2D eigenvalue weighted by Gasteiger charge is 2.30. The van der Waals surface area contributed by atoms with Crippen molar-refractivity contribution in [2.24, 2.45) is 0 Å². The zero-order valence-electron chi connectivity index (χ0n) is 16.9. The van der Waals surface area contributed by atoms with Gasteiger partial charge in [-0.25, -0.2) is 4.98 Å². The van der Waals surface area contributed by atoms with Crippen LogP contribution in [0.3, 0.4) is 0 Å². The number of terminal acetylenes is 1. The van der Waals surface area contributed by atoms with Crippen molar-refractivity contribution in [3.63, 3.8) is 0 Å². The van der Waals surface area contributed by atoms with Crippen LogP contribution in [0, 0.1) is 19.3 Å². The van der Waals surface area contributed by atoms with E-state index in [1.807, 2.05) is 0 Å². The Morgan fingerprint density at radius 2 is 2.10 bits per heavy atom. The number of imide groups is 1. The Balaban J connectivity index is 1.85. The topological polar surface area (TPSA) is 110 Å². The third kappa shape index (κ3) is 4.57. The summed E-state index contributed by atoms with van der Waals surface area (Å²) in [6, 6.07) is 4.19. The summed E-state index contributed by atoms with van der Waals surface area (Å²) in [5.74, 6) is 1.91. The maximum Gasteiger partial charge on any atom is 0.262 e. The number of fused-ring (bicyclic) bond motifs is 1. The molecule has 3 rings (SSSR count). The van der Waals surface area contributed by atoms with E-state index in [1.165, 1.54) is 4.57 Å². The van der Waals surface area contributed by atoms with E-state index in [4.69, 9.17) is 6.42 Å². The number of nitrogens with one attached hydrogen (secondary N) is 2. The zero-order valence-corrected chi connectivity index (χ0v) is 16.9. The Morgan fingerprint density at radius 3 is 2.83 bits per heavy atom. The summed E-state index contributed by atoms with van der Waals surface area (Å²) < 4.78 is 1.32. The maximum atomic E-state index is 13.1. The molecule has 1 aliphatic rings. The normalized spacial score (nSPS) is 16.2. The van der Waals surface area contributed by atoms with Crippen LogP contribution in [0.1, 0.15) is 56.8 Å². The molecule has 1 atom stereocenters. The lowest BCUT2D eigenvalue weighted by molar-refractivity contribution is -0.135. The quantitative estimate of drug-likeness (QED) is 0.415. The molecule has 8 nitrogen and oxygen atoms in total. The van der Waals surface area contributed by atoms with Gasteiger partial charge in [-0.05, 0) is 38.3 Å². The van der Waals surface area contributed by atoms with E-state index < -0.39 is 11.9 Å². The van der Waals surface area contributed by atoms with Crippen molar-refractivity contribution in [1.82, 2.24) is 14.9 Å². The first-order valence-electron chi connectivity index (χ1n) is 10.0. The molecule has 8 heteroatoms. The molecule has 1 aromatic carbocycles. The van der Waals surface area contributed by atoms with Crippen molar-refractivity contribution >= 4 is 34.3 Å². The molecule has 2 N–H and O–H groups in total. The Bertz CT molecular complexity index is 1100. The molecule has 1 unspecified atom stereocenters. The van der Waals surface area contributed by atoms with Gasteiger partial charge in [0.1, 0.15) is 17.4 Å². The number of anilines is 1. The minimum atomic E-state index is -0.784.